The van der Waals surface area contributed by atoms with Crippen LogP contribution in [0.3, 0.4) is 0 Å². The minimum Gasteiger partial charge on any atom is -0.378 e. The third-order valence-electron chi connectivity index (χ3n) is 4.00. The average molecular weight is 346 g/mol. The van der Waals surface area contributed by atoms with Crippen LogP contribution in [0.2, 0.25) is 0 Å². The minimum atomic E-state index is 0.138. The van der Waals surface area contributed by atoms with E-state index in [2.05, 4.69) is 33.8 Å². The number of ether oxygens (including phenoxy) is 1. The molecule has 0 unspecified atom stereocenters. The van der Waals surface area contributed by atoms with Crippen molar-refractivity contribution in [3.8, 4) is 0 Å². The predicted octanol–water partition coefficient (Wildman–Crippen LogP) is 1.84. The largest absolute Gasteiger partial charge is 0.378 e. The topological polar surface area (TPSA) is 60.2 Å². The molecule has 0 radical (unpaired) electrons. The average Bonchev–Trinajstić information content (AvgIpc) is 3.02. The number of morpholine rings is 1. The summed E-state index contributed by atoms with van der Waals surface area (Å²) in [4.78, 5) is 14.1. The minimum absolute atomic E-state index is 0.138. The quantitative estimate of drug-likeness (QED) is 0.747. The molecule has 2 aromatic rings. The Morgan fingerprint density at radius 1 is 1.21 bits per heavy atom. The molecule has 0 spiro atoms. The van der Waals surface area contributed by atoms with Crippen molar-refractivity contribution >= 4 is 17.7 Å². The van der Waals surface area contributed by atoms with E-state index in [1.807, 2.05) is 23.1 Å². The van der Waals surface area contributed by atoms with Crippen molar-refractivity contribution in [1.29, 1.82) is 0 Å². The standard InChI is InChI=1S/C17H22N4O2S/c1-2-21-15(12-14-6-4-3-5-7-14)18-19-17(21)24-13-16(22)20-8-10-23-11-9-20/h3-7H,2,8-13H2,1H3. The van der Waals surface area contributed by atoms with Crippen molar-refractivity contribution in [3.05, 3.63) is 41.7 Å². The predicted molar refractivity (Wildman–Crippen MR) is 93.1 cm³/mol. The van der Waals surface area contributed by atoms with Gasteiger partial charge in [0.25, 0.3) is 0 Å². The number of thioether (sulfide) groups is 1. The van der Waals surface area contributed by atoms with Gasteiger partial charge in [-0.1, -0.05) is 42.1 Å². The first-order valence-corrected chi connectivity index (χ1v) is 9.21. The molecule has 2 heterocycles. The first-order chi connectivity index (χ1) is 11.8. The van der Waals surface area contributed by atoms with Gasteiger partial charge < -0.3 is 14.2 Å². The molecule has 0 atom stereocenters. The summed E-state index contributed by atoms with van der Waals surface area (Å²) in [6.45, 7) is 5.48. The maximum Gasteiger partial charge on any atom is 0.233 e. The SMILES string of the molecule is CCn1c(Cc2ccccc2)nnc1SCC(=O)N1CCOCC1. The summed E-state index contributed by atoms with van der Waals surface area (Å²) in [6, 6.07) is 10.2. The van der Waals surface area contributed by atoms with Crippen molar-refractivity contribution in [2.24, 2.45) is 0 Å². The molecule has 1 aromatic heterocycles. The molecule has 3 rings (SSSR count). The summed E-state index contributed by atoms with van der Waals surface area (Å²) in [5, 5.41) is 9.41. The van der Waals surface area contributed by atoms with Crippen molar-refractivity contribution in [2.75, 3.05) is 32.1 Å². The molecule has 0 saturated carbocycles. The van der Waals surface area contributed by atoms with Crippen molar-refractivity contribution < 1.29 is 9.53 Å². The van der Waals surface area contributed by atoms with Gasteiger partial charge in [-0.25, -0.2) is 0 Å². The van der Waals surface area contributed by atoms with Gasteiger partial charge in [0.1, 0.15) is 5.82 Å². The van der Waals surface area contributed by atoms with Crippen LogP contribution in [0.25, 0.3) is 0 Å². The molecule has 0 aliphatic carbocycles. The van der Waals surface area contributed by atoms with Crippen LogP contribution >= 0.6 is 11.8 Å². The number of aromatic nitrogens is 3. The van der Waals surface area contributed by atoms with Crippen molar-refractivity contribution in [1.82, 2.24) is 19.7 Å². The third-order valence-corrected chi connectivity index (χ3v) is 4.95. The van der Waals surface area contributed by atoms with E-state index in [1.54, 1.807) is 0 Å². The van der Waals surface area contributed by atoms with Crippen LogP contribution in [-0.4, -0.2) is 57.6 Å². The van der Waals surface area contributed by atoms with Crippen molar-refractivity contribution in [2.45, 2.75) is 25.0 Å². The van der Waals surface area contributed by atoms with Gasteiger partial charge >= 0.3 is 0 Å². The number of nitrogens with zero attached hydrogens (tertiary/aromatic N) is 4. The second kappa shape index (κ2) is 8.30. The zero-order valence-electron chi connectivity index (χ0n) is 13.9. The van der Waals surface area contributed by atoms with Gasteiger partial charge in [-0.3, -0.25) is 4.79 Å². The smallest absolute Gasteiger partial charge is 0.233 e. The maximum absolute atomic E-state index is 12.3. The van der Waals surface area contributed by atoms with Crippen LogP contribution in [0.1, 0.15) is 18.3 Å². The van der Waals surface area contributed by atoms with E-state index in [9.17, 15) is 4.79 Å². The first-order valence-electron chi connectivity index (χ1n) is 8.22. The zero-order valence-corrected chi connectivity index (χ0v) is 14.7. The molecule has 7 heteroatoms. The van der Waals surface area contributed by atoms with E-state index < -0.39 is 0 Å². The molecule has 24 heavy (non-hydrogen) atoms. The summed E-state index contributed by atoms with van der Waals surface area (Å²) in [5.74, 6) is 1.47. The van der Waals surface area contributed by atoms with Gasteiger partial charge in [0.15, 0.2) is 5.16 Å². The summed E-state index contributed by atoms with van der Waals surface area (Å²) >= 11 is 1.46. The second-order valence-electron chi connectivity index (χ2n) is 5.59. The lowest BCUT2D eigenvalue weighted by Gasteiger charge is -2.26. The normalized spacial score (nSPS) is 14.8. The summed E-state index contributed by atoms with van der Waals surface area (Å²) in [6.07, 6.45) is 0.750. The molecule has 1 amide bonds. The highest BCUT2D eigenvalue weighted by molar-refractivity contribution is 7.99. The zero-order chi connectivity index (χ0) is 16.8. The van der Waals surface area contributed by atoms with Crippen molar-refractivity contribution in [3.63, 3.8) is 0 Å². The number of amides is 1. The van der Waals surface area contributed by atoms with E-state index in [4.69, 9.17) is 4.74 Å². The Kier molecular flexibility index (Phi) is 5.87. The van der Waals surface area contributed by atoms with Crippen LogP contribution in [-0.2, 0) is 22.5 Å². The van der Waals surface area contributed by atoms with E-state index in [1.165, 1.54) is 17.3 Å². The number of benzene rings is 1. The highest BCUT2D eigenvalue weighted by Crippen LogP contribution is 2.19. The molecule has 1 aliphatic rings. The van der Waals surface area contributed by atoms with E-state index >= 15 is 0 Å². The first kappa shape index (κ1) is 17.0. The van der Waals surface area contributed by atoms with Crippen LogP contribution in [0.4, 0.5) is 0 Å². The number of rotatable bonds is 6. The number of carbonyl (C=O) groups is 1. The Hall–Kier alpha value is -1.86. The van der Waals surface area contributed by atoms with Gasteiger partial charge in [-0.05, 0) is 12.5 Å². The Morgan fingerprint density at radius 3 is 2.67 bits per heavy atom. The number of carbonyl (C=O) groups excluding carboxylic acids is 1. The number of hydrogen-bond acceptors (Lipinski definition) is 5. The fourth-order valence-corrected chi connectivity index (χ4v) is 3.61. The third kappa shape index (κ3) is 4.15. The van der Waals surface area contributed by atoms with Gasteiger partial charge in [0.2, 0.25) is 5.91 Å². The highest BCUT2D eigenvalue weighted by Gasteiger charge is 2.19. The lowest BCUT2D eigenvalue weighted by molar-refractivity contribution is -0.132. The Morgan fingerprint density at radius 2 is 1.96 bits per heavy atom. The lowest BCUT2D eigenvalue weighted by atomic mass is 10.1. The Bertz CT molecular complexity index is 668. The monoisotopic (exact) mass is 346 g/mol. The Balaban J connectivity index is 1.62. The second-order valence-corrected chi connectivity index (χ2v) is 6.53. The van der Waals surface area contributed by atoms with Crippen LogP contribution in [0.5, 0.6) is 0 Å². The van der Waals surface area contributed by atoms with Gasteiger partial charge in [0, 0.05) is 26.1 Å². The molecule has 128 valence electrons. The maximum atomic E-state index is 12.3. The summed E-state index contributed by atoms with van der Waals surface area (Å²) < 4.78 is 7.37. The summed E-state index contributed by atoms with van der Waals surface area (Å²) in [5.41, 5.74) is 1.21. The van der Waals surface area contributed by atoms with Gasteiger partial charge in [-0.2, -0.15) is 0 Å². The van der Waals surface area contributed by atoms with Crippen LogP contribution in [0.15, 0.2) is 35.5 Å². The van der Waals surface area contributed by atoms with Gasteiger partial charge in [0.05, 0.1) is 19.0 Å². The van der Waals surface area contributed by atoms with E-state index in [-0.39, 0.29) is 5.91 Å². The number of hydrogen-bond donors (Lipinski definition) is 0. The molecule has 1 aliphatic heterocycles. The molecular formula is C17H22N4O2S. The fourth-order valence-electron chi connectivity index (χ4n) is 2.68. The van der Waals surface area contributed by atoms with Crippen LogP contribution < -0.4 is 0 Å². The van der Waals surface area contributed by atoms with Gasteiger partial charge in [-0.15, -0.1) is 10.2 Å². The van der Waals surface area contributed by atoms with Crippen LogP contribution in [0, 0.1) is 0 Å². The molecule has 6 nitrogen and oxygen atoms in total. The Labute approximate surface area is 146 Å². The molecule has 0 N–H and O–H groups in total. The molecule has 0 bridgehead atoms. The molecule has 1 fully saturated rings. The summed E-state index contributed by atoms with van der Waals surface area (Å²) in [7, 11) is 0. The van der Waals surface area contributed by atoms with E-state index in [0.717, 1.165) is 23.9 Å². The fraction of sp³-hybridized carbons (Fsp3) is 0.471. The highest BCUT2D eigenvalue weighted by atomic mass is 32.2. The lowest BCUT2D eigenvalue weighted by Crippen LogP contribution is -2.41. The molecule has 1 saturated heterocycles. The molecule has 1 aromatic carbocycles. The molecular weight excluding hydrogens is 324 g/mol. The van der Waals surface area contributed by atoms with E-state index in [0.29, 0.717) is 32.1 Å².